The number of ether oxygens (including phenoxy) is 2. The Morgan fingerprint density at radius 1 is 1.00 bits per heavy atom. The third kappa shape index (κ3) is 4.98. The minimum atomic E-state index is -0.378. The highest BCUT2D eigenvalue weighted by atomic mass is 35.5. The van der Waals surface area contributed by atoms with Crippen LogP contribution in [0, 0.1) is 6.92 Å². The lowest BCUT2D eigenvalue weighted by molar-refractivity contribution is 0.262. The summed E-state index contributed by atoms with van der Waals surface area (Å²) in [5.74, 6) is 0.900. The van der Waals surface area contributed by atoms with Crippen molar-refractivity contribution < 1.29 is 14.3 Å². The van der Waals surface area contributed by atoms with Crippen molar-refractivity contribution in [3.05, 3.63) is 40.9 Å². The average Bonchev–Trinajstić information content (AvgIpc) is 2.65. The Morgan fingerprint density at radius 3 is 2.19 bits per heavy atom. The highest BCUT2D eigenvalue weighted by Crippen LogP contribution is 2.36. The van der Waals surface area contributed by atoms with E-state index < -0.39 is 0 Å². The third-order valence-electron chi connectivity index (χ3n) is 4.31. The number of aryl methyl sites for hydroxylation is 1. The Hall–Kier alpha value is -2.60. The van der Waals surface area contributed by atoms with Crippen LogP contribution in [0.25, 0.3) is 0 Å². The molecule has 2 N–H and O–H groups in total. The Kier molecular flexibility index (Phi) is 7.19. The molecule has 2 aromatic carbocycles. The van der Waals surface area contributed by atoms with Gasteiger partial charge in [-0.2, -0.15) is 0 Å². The van der Waals surface area contributed by atoms with E-state index >= 15 is 0 Å². The molecule has 146 valence electrons. The largest absolute Gasteiger partial charge is 0.495 e. The Labute approximate surface area is 165 Å². The fourth-order valence-corrected chi connectivity index (χ4v) is 3.04. The molecule has 0 aromatic heterocycles. The summed E-state index contributed by atoms with van der Waals surface area (Å²) in [6.07, 6.45) is 0. The molecule has 0 spiro atoms. The van der Waals surface area contributed by atoms with Crippen LogP contribution in [0.5, 0.6) is 11.5 Å². The smallest absolute Gasteiger partial charge is 0.323 e. The molecular formula is C20H26ClN3O3. The van der Waals surface area contributed by atoms with Crippen LogP contribution in [0.4, 0.5) is 21.9 Å². The molecule has 6 nitrogen and oxygen atoms in total. The lowest BCUT2D eigenvalue weighted by Crippen LogP contribution is -2.23. The predicted octanol–water partition coefficient (Wildman–Crippen LogP) is 5.16. The summed E-state index contributed by atoms with van der Waals surface area (Å²) in [5.41, 5.74) is 3.32. The Bertz CT molecular complexity index is 807. The molecule has 0 atom stereocenters. The van der Waals surface area contributed by atoms with Crippen molar-refractivity contribution in [1.29, 1.82) is 0 Å². The zero-order chi connectivity index (χ0) is 20.0. The summed E-state index contributed by atoms with van der Waals surface area (Å²) < 4.78 is 10.5. The van der Waals surface area contributed by atoms with E-state index in [0.29, 0.717) is 22.2 Å². The topological polar surface area (TPSA) is 62.8 Å². The van der Waals surface area contributed by atoms with E-state index in [1.165, 1.54) is 14.2 Å². The molecule has 0 aliphatic carbocycles. The summed E-state index contributed by atoms with van der Waals surface area (Å²) in [4.78, 5) is 14.7. The molecule has 0 radical (unpaired) electrons. The van der Waals surface area contributed by atoms with Crippen molar-refractivity contribution in [1.82, 2.24) is 0 Å². The first-order chi connectivity index (χ1) is 12.9. The number of benzene rings is 2. The second kappa shape index (κ2) is 9.37. The van der Waals surface area contributed by atoms with Crippen molar-refractivity contribution in [2.24, 2.45) is 0 Å². The SMILES string of the molecule is CCN(CC)c1ccc(NC(=O)Nc2cc(OC)c(Cl)cc2OC)c(C)c1. The lowest BCUT2D eigenvalue weighted by atomic mass is 10.1. The van der Waals surface area contributed by atoms with Gasteiger partial charge < -0.3 is 25.0 Å². The van der Waals surface area contributed by atoms with E-state index in [9.17, 15) is 4.79 Å². The molecule has 27 heavy (non-hydrogen) atoms. The maximum atomic E-state index is 12.5. The van der Waals surface area contributed by atoms with Gasteiger partial charge in [-0.15, -0.1) is 0 Å². The van der Waals surface area contributed by atoms with Gasteiger partial charge in [-0.3, -0.25) is 0 Å². The zero-order valence-corrected chi connectivity index (χ0v) is 17.1. The second-order valence-electron chi connectivity index (χ2n) is 5.94. The van der Waals surface area contributed by atoms with Crippen LogP contribution in [0.3, 0.4) is 0 Å². The van der Waals surface area contributed by atoms with Gasteiger partial charge in [-0.1, -0.05) is 11.6 Å². The van der Waals surface area contributed by atoms with Crippen molar-refractivity contribution >= 4 is 34.7 Å². The molecular weight excluding hydrogens is 366 g/mol. The van der Waals surface area contributed by atoms with E-state index in [4.69, 9.17) is 21.1 Å². The van der Waals surface area contributed by atoms with Gasteiger partial charge in [0, 0.05) is 36.6 Å². The molecule has 0 aliphatic rings. The number of hydrogen-bond acceptors (Lipinski definition) is 4. The molecule has 0 fully saturated rings. The number of nitrogens with zero attached hydrogens (tertiary/aromatic N) is 1. The van der Waals surface area contributed by atoms with Crippen molar-refractivity contribution in [3.63, 3.8) is 0 Å². The molecule has 0 aliphatic heterocycles. The third-order valence-corrected chi connectivity index (χ3v) is 4.60. The highest BCUT2D eigenvalue weighted by Gasteiger charge is 2.13. The molecule has 0 saturated heterocycles. The van der Waals surface area contributed by atoms with Gasteiger partial charge in [-0.05, 0) is 44.5 Å². The monoisotopic (exact) mass is 391 g/mol. The van der Waals surface area contributed by atoms with Crippen molar-refractivity contribution in [2.45, 2.75) is 20.8 Å². The van der Waals surface area contributed by atoms with Crippen LogP contribution in [0.2, 0.25) is 5.02 Å². The van der Waals surface area contributed by atoms with E-state index in [1.54, 1.807) is 12.1 Å². The molecule has 0 heterocycles. The number of amides is 2. The molecule has 2 amide bonds. The molecule has 2 aromatic rings. The molecule has 0 saturated carbocycles. The summed E-state index contributed by atoms with van der Waals surface area (Å²) in [7, 11) is 3.02. The van der Waals surface area contributed by atoms with Crippen LogP contribution >= 0.6 is 11.6 Å². The number of hydrogen-bond donors (Lipinski definition) is 2. The van der Waals surface area contributed by atoms with Crippen LogP contribution in [-0.4, -0.2) is 33.3 Å². The predicted molar refractivity (Wildman–Crippen MR) is 112 cm³/mol. The second-order valence-corrected chi connectivity index (χ2v) is 6.34. The fraction of sp³-hybridized carbons (Fsp3) is 0.350. The van der Waals surface area contributed by atoms with Crippen molar-refractivity contribution in [2.75, 3.05) is 42.8 Å². The number of nitrogens with one attached hydrogen (secondary N) is 2. The van der Waals surface area contributed by atoms with E-state index in [1.807, 2.05) is 19.1 Å². The summed E-state index contributed by atoms with van der Waals surface area (Å²) >= 11 is 6.09. The lowest BCUT2D eigenvalue weighted by Gasteiger charge is -2.22. The number of anilines is 3. The number of halogens is 1. The van der Waals surface area contributed by atoms with Gasteiger partial charge in [0.05, 0.1) is 24.9 Å². The van der Waals surface area contributed by atoms with Gasteiger partial charge in [0.15, 0.2) is 0 Å². The minimum Gasteiger partial charge on any atom is -0.495 e. The number of methoxy groups -OCH3 is 2. The van der Waals surface area contributed by atoms with E-state index in [-0.39, 0.29) is 6.03 Å². The first-order valence-corrected chi connectivity index (χ1v) is 9.16. The van der Waals surface area contributed by atoms with Gasteiger partial charge >= 0.3 is 6.03 Å². The van der Waals surface area contributed by atoms with Gasteiger partial charge in [0.1, 0.15) is 11.5 Å². The van der Waals surface area contributed by atoms with E-state index in [0.717, 1.165) is 30.0 Å². The van der Waals surface area contributed by atoms with Crippen LogP contribution in [0.15, 0.2) is 30.3 Å². The van der Waals surface area contributed by atoms with E-state index in [2.05, 4.69) is 35.4 Å². The Morgan fingerprint density at radius 2 is 1.63 bits per heavy atom. The first-order valence-electron chi connectivity index (χ1n) is 8.78. The number of urea groups is 1. The summed E-state index contributed by atoms with van der Waals surface area (Å²) in [6, 6.07) is 8.81. The zero-order valence-electron chi connectivity index (χ0n) is 16.4. The normalized spacial score (nSPS) is 10.3. The molecule has 0 unspecified atom stereocenters. The van der Waals surface area contributed by atoms with Gasteiger partial charge in [-0.25, -0.2) is 4.79 Å². The van der Waals surface area contributed by atoms with Crippen LogP contribution in [-0.2, 0) is 0 Å². The summed E-state index contributed by atoms with van der Waals surface area (Å²) in [5, 5.41) is 6.05. The molecule has 2 rings (SSSR count). The van der Waals surface area contributed by atoms with Crippen LogP contribution in [0.1, 0.15) is 19.4 Å². The minimum absolute atomic E-state index is 0.378. The quantitative estimate of drug-likeness (QED) is 0.684. The highest BCUT2D eigenvalue weighted by molar-refractivity contribution is 6.32. The Balaban J connectivity index is 2.16. The van der Waals surface area contributed by atoms with Crippen LogP contribution < -0.4 is 25.0 Å². The number of carbonyl (C=O) groups excluding carboxylic acids is 1. The molecule has 0 bridgehead atoms. The molecule has 7 heteroatoms. The summed E-state index contributed by atoms with van der Waals surface area (Å²) in [6.45, 7) is 8.07. The number of carbonyl (C=O) groups is 1. The maximum absolute atomic E-state index is 12.5. The number of rotatable bonds is 7. The average molecular weight is 392 g/mol. The first kappa shape index (κ1) is 20.7. The maximum Gasteiger partial charge on any atom is 0.323 e. The van der Waals surface area contributed by atoms with Gasteiger partial charge in [0.25, 0.3) is 0 Å². The fourth-order valence-electron chi connectivity index (χ4n) is 2.81. The van der Waals surface area contributed by atoms with Crippen molar-refractivity contribution in [3.8, 4) is 11.5 Å². The standard InChI is InChI=1S/C20H26ClN3O3/c1-6-24(7-2)14-8-9-16(13(3)10-14)22-20(25)23-17-12-18(26-4)15(21)11-19(17)27-5/h8-12H,6-7H2,1-5H3,(H2,22,23,25). The van der Waals surface area contributed by atoms with Gasteiger partial charge in [0.2, 0.25) is 0 Å².